The molecule has 0 aliphatic carbocycles. The number of guanidine groups is 1. The average Bonchev–Trinajstić information content (AvgIpc) is 2.61. The van der Waals surface area contributed by atoms with E-state index in [9.17, 15) is 18.0 Å². The molecule has 0 bridgehead atoms. The molecule has 0 heterocycles. The fourth-order valence-electron chi connectivity index (χ4n) is 2.44. The fraction of sp³-hybridized carbons (Fsp3) is 0.500. The van der Waals surface area contributed by atoms with Crippen molar-refractivity contribution in [1.82, 2.24) is 15.5 Å². The van der Waals surface area contributed by atoms with E-state index in [0.717, 1.165) is 11.6 Å². The van der Waals surface area contributed by atoms with Crippen LogP contribution >= 0.6 is 24.0 Å². The molecule has 1 aromatic carbocycles. The molecule has 1 amide bonds. The minimum atomic E-state index is -4.42. The van der Waals surface area contributed by atoms with Gasteiger partial charge in [0.15, 0.2) is 5.96 Å². The number of alkyl halides is 3. The molecular weight excluding hydrogens is 496 g/mol. The van der Waals surface area contributed by atoms with Crippen LogP contribution in [0.4, 0.5) is 13.2 Å². The lowest BCUT2D eigenvalue weighted by molar-refractivity contribution is -0.138. The van der Waals surface area contributed by atoms with Crippen molar-refractivity contribution in [2.75, 3.05) is 27.2 Å². The zero-order valence-corrected chi connectivity index (χ0v) is 19.8. The van der Waals surface area contributed by atoms with Gasteiger partial charge in [0, 0.05) is 32.6 Å². The van der Waals surface area contributed by atoms with Crippen molar-refractivity contribution in [3.05, 3.63) is 47.5 Å². The van der Waals surface area contributed by atoms with Crippen molar-refractivity contribution in [2.24, 2.45) is 4.99 Å². The minimum absolute atomic E-state index is 0. The first-order valence-electron chi connectivity index (χ1n) is 8.99. The molecule has 0 aliphatic rings. The maximum Gasteiger partial charge on any atom is 0.416 e. The molecular formula is C20H30F3IN4O. The molecule has 2 atom stereocenters. The number of hydrogen-bond donors (Lipinski definition) is 2. The van der Waals surface area contributed by atoms with Crippen LogP contribution in [0, 0.1) is 0 Å². The Morgan fingerprint density at radius 2 is 1.83 bits per heavy atom. The minimum Gasteiger partial charge on any atom is -0.353 e. The van der Waals surface area contributed by atoms with Crippen molar-refractivity contribution in [3.8, 4) is 0 Å². The topological polar surface area (TPSA) is 56.7 Å². The first kappa shape index (κ1) is 27.2. The molecule has 0 saturated heterocycles. The Bertz CT molecular complexity index is 720. The predicted octanol–water partition coefficient (Wildman–Crippen LogP) is 4.01. The largest absolute Gasteiger partial charge is 0.416 e. The highest BCUT2D eigenvalue weighted by Crippen LogP contribution is 2.35. The van der Waals surface area contributed by atoms with Crippen LogP contribution in [0.3, 0.4) is 0 Å². The number of halogens is 4. The Hall–Kier alpha value is -1.78. The molecule has 0 saturated carbocycles. The lowest BCUT2D eigenvalue weighted by atomic mass is 9.90. The average molecular weight is 526 g/mol. The van der Waals surface area contributed by atoms with Gasteiger partial charge in [-0.15, -0.1) is 24.0 Å². The van der Waals surface area contributed by atoms with Gasteiger partial charge >= 0.3 is 6.18 Å². The van der Waals surface area contributed by atoms with Crippen LogP contribution in [0.25, 0.3) is 0 Å². The van der Waals surface area contributed by atoms with Crippen LogP contribution in [-0.2, 0) is 11.0 Å². The van der Waals surface area contributed by atoms with E-state index in [1.807, 2.05) is 6.92 Å². The Balaban J connectivity index is 0.00000784. The van der Waals surface area contributed by atoms with E-state index in [2.05, 4.69) is 22.2 Å². The second-order valence-electron chi connectivity index (χ2n) is 7.07. The molecule has 164 valence electrons. The molecule has 1 rings (SSSR count). The Morgan fingerprint density at radius 1 is 1.24 bits per heavy atom. The molecule has 5 nitrogen and oxygen atoms in total. The number of likely N-dealkylation sites (N-methyl/N-ethyl adjacent to an activating group) is 1. The van der Waals surface area contributed by atoms with Crippen LogP contribution in [-0.4, -0.2) is 50.0 Å². The maximum absolute atomic E-state index is 13.3. The third kappa shape index (κ3) is 9.05. The fourth-order valence-corrected chi connectivity index (χ4v) is 2.44. The zero-order chi connectivity index (χ0) is 21.5. The molecule has 0 radical (unpaired) electrons. The van der Waals surface area contributed by atoms with E-state index < -0.39 is 17.7 Å². The number of amides is 1. The summed E-state index contributed by atoms with van der Waals surface area (Å²) < 4.78 is 40.0. The quantitative estimate of drug-likeness (QED) is 0.245. The SMILES string of the molecule is C=C(C)CNC(=NCC(=O)N(C)C)NC(C)C(C)c1ccccc1C(F)(F)F.I. The number of aliphatic imine (C=N–C) groups is 1. The lowest BCUT2D eigenvalue weighted by Crippen LogP contribution is -2.45. The van der Waals surface area contributed by atoms with Crippen LogP contribution in [0.2, 0.25) is 0 Å². The van der Waals surface area contributed by atoms with E-state index in [1.165, 1.54) is 17.0 Å². The van der Waals surface area contributed by atoms with Gasteiger partial charge in [-0.1, -0.05) is 37.3 Å². The molecule has 0 aliphatic heterocycles. The maximum atomic E-state index is 13.3. The number of benzene rings is 1. The van der Waals surface area contributed by atoms with Crippen molar-refractivity contribution < 1.29 is 18.0 Å². The summed E-state index contributed by atoms with van der Waals surface area (Å²) >= 11 is 0. The van der Waals surface area contributed by atoms with Gasteiger partial charge in [0.2, 0.25) is 5.91 Å². The summed E-state index contributed by atoms with van der Waals surface area (Å²) in [5, 5.41) is 6.15. The molecule has 2 N–H and O–H groups in total. The second-order valence-corrected chi connectivity index (χ2v) is 7.07. The summed E-state index contributed by atoms with van der Waals surface area (Å²) in [7, 11) is 3.26. The molecule has 9 heteroatoms. The van der Waals surface area contributed by atoms with E-state index in [0.29, 0.717) is 12.5 Å². The highest BCUT2D eigenvalue weighted by Gasteiger charge is 2.35. The van der Waals surface area contributed by atoms with Crippen LogP contribution in [0.1, 0.15) is 37.8 Å². The highest BCUT2D eigenvalue weighted by molar-refractivity contribution is 14.0. The number of carbonyl (C=O) groups is 1. The number of nitrogens with one attached hydrogen (secondary N) is 2. The lowest BCUT2D eigenvalue weighted by Gasteiger charge is -2.26. The molecule has 2 unspecified atom stereocenters. The normalized spacial score (nSPS) is 13.7. The van der Waals surface area contributed by atoms with E-state index in [1.54, 1.807) is 34.0 Å². The first-order chi connectivity index (χ1) is 12.9. The Morgan fingerprint density at radius 3 is 2.34 bits per heavy atom. The van der Waals surface area contributed by atoms with Gasteiger partial charge in [0.1, 0.15) is 6.54 Å². The smallest absolute Gasteiger partial charge is 0.353 e. The third-order valence-corrected chi connectivity index (χ3v) is 4.30. The van der Waals surface area contributed by atoms with Crippen molar-refractivity contribution in [1.29, 1.82) is 0 Å². The van der Waals surface area contributed by atoms with Gasteiger partial charge in [-0.05, 0) is 25.5 Å². The van der Waals surface area contributed by atoms with Gasteiger partial charge in [-0.2, -0.15) is 13.2 Å². The van der Waals surface area contributed by atoms with E-state index in [4.69, 9.17) is 0 Å². The summed E-state index contributed by atoms with van der Waals surface area (Å²) in [6, 6.07) is 5.18. The summed E-state index contributed by atoms with van der Waals surface area (Å²) in [6.07, 6.45) is -4.42. The number of rotatable bonds is 7. The number of carbonyl (C=O) groups excluding carboxylic acids is 1. The second kappa shape index (κ2) is 12.0. The van der Waals surface area contributed by atoms with Gasteiger partial charge < -0.3 is 15.5 Å². The highest BCUT2D eigenvalue weighted by atomic mass is 127. The Labute approximate surface area is 187 Å². The monoisotopic (exact) mass is 526 g/mol. The van der Waals surface area contributed by atoms with Crippen LogP contribution in [0.15, 0.2) is 41.4 Å². The standard InChI is InChI=1S/C20H29F3N4O.HI/c1-13(2)11-24-19(25-12-18(28)27(5)6)26-15(4)14(3)16-9-7-8-10-17(16)20(21,22)23;/h7-10,14-15H,1,11-12H2,2-6H3,(H2,24,25,26);1H. The summed E-state index contributed by atoms with van der Waals surface area (Å²) in [4.78, 5) is 17.5. The molecule has 0 aromatic heterocycles. The van der Waals surface area contributed by atoms with E-state index in [-0.39, 0.29) is 48.0 Å². The summed E-state index contributed by atoms with van der Waals surface area (Å²) in [5.41, 5.74) is 0.419. The summed E-state index contributed by atoms with van der Waals surface area (Å²) in [6.45, 7) is 9.51. The van der Waals surface area contributed by atoms with Crippen LogP contribution < -0.4 is 10.6 Å². The van der Waals surface area contributed by atoms with Gasteiger partial charge in [0.05, 0.1) is 5.56 Å². The zero-order valence-electron chi connectivity index (χ0n) is 17.4. The van der Waals surface area contributed by atoms with Gasteiger partial charge in [-0.25, -0.2) is 4.99 Å². The first-order valence-corrected chi connectivity index (χ1v) is 8.99. The third-order valence-electron chi connectivity index (χ3n) is 4.30. The molecule has 0 fully saturated rings. The molecule has 1 aromatic rings. The number of nitrogens with zero attached hydrogens (tertiary/aromatic N) is 2. The number of hydrogen-bond acceptors (Lipinski definition) is 2. The molecule has 0 spiro atoms. The molecule has 29 heavy (non-hydrogen) atoms. The Kier molecular flexibility index (Phi) is 11.3. The van der Waals surface area contributed by atoms with E-state index >= 15 is 0 Å². The van der Waals surface area contributed by atoms with Crippen molar-refractivity contribution in [2.45, 2.75) is 38.9 Å². The van der Waals surface area contributed by atoms with Crippen LogP contribution in [0.5, 0.6) is 0 Å². The van der Waals surface area contributed by atoms with Crippen molar-refractivity contribution in [3.63, 3.8) is 0 Å². The van der Waals surface area contributed by atoms with Crippen molar-refractivity contribution >= 4 is 35.8 Å². The predicted molar refractivity (Wildman–Crippen MR) is 122 cm³/mol. The van der Waals surface area contributed by atoms with Gasteiger partial charge in [-0.3, -0.25) is 4.79 Å². The van der Waals surface area contributed by atoms with Gasteiger partial charge in [0.25, 0.3) is 0 Å². The summed E-state index contributed by atoms with van der Waals surface area (Å²) in [5.74, 6) is -0.277.